The summed E-state index contributed by atoms with van der Waals surface area (Å²) in [7, 11) is 0. The van der Waals surface area contributed by atoms with Crippen molar-refractivity contribution in [3.05, 3.63) is 35.9 Å². The van der Waals surface area contributed by atoms with Crippen LogP contribution in [0.2, 0.25) is 0 Å². The molecule has 0 radical (unpaired) electrons. The Morgan fingerprint density at radius 1 is 1.08 bits per heavy atom. The second-order valence-corrected chi connectivity index (χ2v) is 7.64. The smallest absolute Gasteiger partial charge is 0.407 e. The van der Waals surface area contributed by atoms with Crippen molar-refractivity contribution in [2.45, 2.75) is 70.4 Å². The SMILES string of the molecule is CC(C)(C)OC(=O)N[C@@H]1C[C@@H](N)CC[C@@H]1NC(=O)OCc1ccccc1. The molecule has 144 valence electrons. The molecule has 1 aromatic carbocycles. The topological polar surface area (TPSA) is 103 Å². The highest BCUT2D eigenvalue weighted by atomic mass is 16.6. The van der Waals surface area contributed by atoms with Crippen molar-refractivity contribution in [1.29, 1.82) is 0 Å². The molecule has 0 saturated heterocycles. The first-order chi connectivity index (χ1) is 12.2. The molecule has 1 fully saturated rings. The minimum absolute atomic E-state index is 0.0201. The number of amides is 2. The summed E-state index contributed by atoms with van der Waals surface area (Å²) in [6, 6.07) is 8.90. The van der Waals surface area contributed by atoms with Crippen LogP contribution in [0.3, 0.4) is 0 Å². The molecule has 0 unspecified atom stereocenters. The number of hydrogen-bond donors (Lipinski definition) is 3. The van der Waals surface area contributed by atoms with E-state index < -0.39 is 17.8 Å². The minimum Gasteiger partial charge on any atom is -0.445 e. The van der Waals surface area contributed by atoms with E-state index in [4.69, 9.17) is 15.2 Å². The van der Waals surface area contributed by atoms with Gasteiger partial charge in [0.05, 0.1) is 12.1 Å². The van der Waals surface area contributed by atoms with Crippen molar-refractivity contribution < 1.29 is 19.1 Å². The van der Waals surface area contributed by atoms with Gasteiger partial charge in [-0.05, 0) is 45.6 Å². The zero-order chi connectivity index (χ0) is 19.2. The molecule has 2 rings (SSSR count). The first-order valence-electron chi connectivity index (χ1n) is 8.95. The Bertz CT molecular complexity index is 601. The second-order valence-electron chi connectivity index (χ2n) is 7.64. The Balaban J connectivity index is 1.87. The van der Waals surface area contributed by atoms with Crippen LogP contribution >= 0.6 is 0 Å². The summed E-state index contributed by atoms with van der Waals surface area (Å²) in [5.41, 5.74) is 6.35. The van der Waals surface area contributed by atoms with Gasteiger partial charge in [0.15, 0.2) is 0 Å². The lowest BCUT2D eigenvalue weighted by Gasteiger charge is -2.35. The highest BCUT2D eigenvalue weighted by molar-refractivity contribution is 5.69. The molecule has 1 saturated carbocycles. The Morgan fingerprint density at radius 2 is 1.73 bits per heavy atom. The van der Waals surface area contributed by atoms with Crippen LogP contribution in [-0.4, -0.2) is 35.9 Å². The highest BCUT2D eigenvalue weighted by Gasteiger charge is 2.32. The maximum absolute atomic E-state index is 12.1. The third-order valence-electron chi connectivity index (χ3n) is 4.11. The normalized spacial score (nSPS) is 23.0. The largest absolute Gasteiger partial charge is 0.445 e. The molecule has 3 atom stereocenters. The van der Waals surface area contributed by atoms with Crippen molar-refractivity contribution in [2.75, 3.05) is 0 Å². The number of alkyl carbamates (subject to hydrolysis) is 2. The molecule has 1 aliphatic rings. The van der Waals surface area contributed by atoms with Crippen molar-refractivity contribution in [3.8, 4) is 0 Å². The Hall–Kier alpha value is -2.28. The first kappa shape index (κ1) is 20.0. The summed E-state index contributed by atoms with van der Waals surface area (Å²) < 4.78 is 10.6. The van der Waals surface area contributed by atoms with Crippen LogP contribution in [0.25, 0.3) is 0 Å². The molecule has 7 nitrogen and oxygen atoms in total. The summed E-state index contributed by atoms with van der Waals surface area (Å²) in [4.78, 5) is 24.2. The van der Waals surface area contributed by atoms with Gasteiger partial charge in [0, 0.05) is 6.04 Å². The predicted octanol–water partition coefficient (Wildman–Crippen LogP) is 2.69. The van der Waals surface area contributed by atoms with Gasteiger partial charge in [-0.2, -0.15) is 0 Å². The molecular weight excluding hydrogens is 334 g/mol. The van der Waals surface area contributed by atoms with Gasteiger partial charge in [-0.3, -0.25) is 0 Å². The van der Waals surface area contributed by atoms with Gasteiger partial charge in [-0.15, -0.1) is 0 Å². The van der Waals surface area contributed by atoms with Crippen LogP contribution in [0.4, 0.5) is 9.59 Å². The number of nitrogens with one attached hydrogen (secondary N) is 2. The zero-order valence-electron chi connectivity index (χ0n) is 15.7. The van der Waals surface area contributed by atoms with Gasteiger partial charge in [-0.25, -0.2) is 9.59 Å². The Labute approximate surface area is 154 Å². The van der Waals surface area contributed by atoms with Gasteiger partial charge >= 0.3 is 12.2 Å². The summed E-state index contributed by atoms with van der Waals surface area (Å²) in [5, 5.41) is 5.66. The molecule has 0 bridgehead atoms. The van der Waals surface area contributed by atoms with E-state index in [9.17, 15) is 9.59 Å². The van der Waals surface area contributed by atoms with Crippen LogP contribution in [0.1, 0.15) is 45.6 Å². The molecule has 2 amide bonds. The quantitative estimate of drug-likeness (QED) is 0.763. The molecule has 0 heterocycles. The minimum atomic E-state index is -0.585. The van der Waals surface area contributed by atoms with Crippen molar-refractivity contribution >= 4 is 12.2 Å². The number of carbonyl (C=O) groups is 2. The average molecular weight is 363 g/mol. The van der Waals surface area contributed by atoms with Crippen molar-refractivity contribution in [1.82, 2.24) is 10.6 Å². The fourth-order valence-corrected chi connectivity index (χ4v) is 2.91. The fraction of sp³-hybridized carbons (Fsp3) is 0.579. The average Bonchev–Trinajstić information content (AvgIpc) is 2.54. The Kier molecular flexibility index (Phi) is 6.85. The molecule has 0 aliphatic heterocycles. The third kappa shape index (κ3) is 6.92. The first-order valence-corrected chi connectivity index (χ1v) is 8.95. The molecule has 0 aromatic heterocycles. The molecule has 1 aromatic rings. The standard InChI is InChI=1S/C19H29N3O4/c1-19(2,3)26-18(24)22-16-11-14(20)9-10-15(16)21-17(23)25-12-13-7-5-4-6-8-13/h4-8,14-16H,9-12,20H2,1-3H3,(H,21,23)(H,22,24)/t14-,15-,16+/m0/s1. The van der Waals surface area contributed by atoms with Crippen molar-refractivity contribution in [3.63, 3.8) is 0 Å². The maximum Gasteiger partial charge on any atom is 0.407 e. The lowest BCUT2D eigenvalue weighted by Crippen LogP contribution is -2.57. The molecule has 4 N–H and O–H groups in total. The molecule has 26 heavy (non-hydrogen) atoms. The number of ether oxygens (including phenoxy) is 2. The number of hydrogen-bond acceptors (Lipinski definition) is 5. The second kappa shape index (κ2) is 8.89. The van der Waals surface area contributed by atoms with E-state index >= 15 is 0 Å². The van der Waals surface area contributed by atoms with E-state index in [1.165, 1.54) is 0 Å². The van der Waals surface area contributed by atoms with Crippen LogP contribution in [0.15, 0.2) is 30.3 Å². The lowest BCUT2D eigenvalue weighted by molar-refractivity contribution is 0.0471. The highest BCUT2D eigenvalue weighted by Crippen LogP contribution is 2.19. The summed E-state index contributed by atoms with van der Waals surface area (Å²) >= 11 is 0. The van der Waals surface area contributed by atoms with Crippen LogP contribution in [0.5, 0.6) is 0 Å². The van der Waals surface area contributed by atoms with E-state index in [1.807, 2.05) is 30.3 Å². The third-order valence-corrected chi connectivity index (χ3v) is 4.11. The van der Waals surface area contributed by atoms with Crippen LogP contribution in [0, 0.1) is 0 Å². The van der Waals surface area contributed by atoms with Gasteiger partial charge in [0.1, 0.15) is 12.2 Å². The predicted molar refractivity (Wildman–Crippen MR) is 98.5 cm³/mol. The summed E-state index contributed by atoms with van der Waals surface area (Å²) in [6.07, 6.45) is 0.993. The summed E-state index contributed by atoms with van der Waals surface area (Å²) in [6.45, 7) is 5.60. The molecule has 1 aliphatic carbocycles. The number of carbonyl (C=O) groups excluding carboxylic acids is 2. The molecular formula is C19H29N3O4. The van der Waals surface area contributed by atoms with E-state index in [1.54, 1.807) is 20.8 Å². The zero-order valence-corrected chi connectivity index (χ0v) is 15.7. The molecule has 0 spiro atoms. The van der Waals surface area contributed by atoms with Gasteiger partial charge in [0.2, 0.25) is 0 Å². The fourth-order valence-electron chi connectivity index (χ4n) is 2.91. The molecule has 7 heteroatoms. The van der Waals surface area contributed by atoms with Gasteiger partial charge in [0.25, 0.3) is 0 Å². The van der Waals surface area contributed by atoms with Crippen molar-refractivity contribution in [2.24, 2.45) is 5.73 Å². The van der Waals surface area contributed by atoms with E-state index in [-0.39, 0.29) is 24.7 Å². The lowest BCUT2D eigenvalue weighted by atomic mass is 9.87. The Morgan fingerprint density at radius 3 is 2.38 bits per heavy atom. The number of rotatable bonds is 4. The van der Waals surface area contributed by atoms with E-state index in [0.717, 1.165) is 12.0 Å². The van der Waals surface area contributed by atoms with Gasteiger partial charge < -0.3 is 25.8 Å². The van der Waals surface area contributed by atoms with Gasteiger partial charge in [-0.1, -0.05) is 30.3 Å². The van der Waals surface area contributed by atoms with E-state index in [0.29, 0.717) is 12.8 Å². The van der Waals surface area contributed by atoms with Crippen LogP contribution in [-0.2, 0) is 16.1 Å². The maximum atomic E-state index is 12.1. The summed E-state index contributed by atoms with van der Waals surface area (Å²) in [5.74, 6) is 0. The number of nitrogens with two attached hydrogens (primary N) is 1. The monoisotopic (exact) mass is 363 g/mol. The van der Waals surface area contributed by atoms with Crippen LogP contribution < -0.4 is 16.4 Å². The van der Waals surface area contributed by atoms with E-state index in [2.05, 4.69) is 10.6 Å². The number of benzene rings is 1.